The molecule has 0 aliphatic carbocycles. The molecule has 0 radical (unpaired) electrons. The first-order valence-corrected chi connectivity index (χ1v) is 7.50. The second-order valence-electron chi connectivity index (χ2n) is 5.65. The Morgan fingerprint density at radius 2 is 1.87 bits per heavy atom. The lowest BCUT2D eigenvalue weighted by molar-refractivity contribution is 0.872. The van der Waals surface area contributed by atoms with Crippen LogP contribution in [0.1, 0.15) is 22.8 Å². The number of nitrogens with one attached hydrogen (secondary N) is 2. The van der Waals surface area contributed by atoms with Crippen LogP contribution in [0.15, 0.2) is 24.3 Å². The van der Waals surface area contributed by atoms with Gasteiger partial charge in [-0.15, -0.1) is 15.3 Å². The summed E-state index contributed by atoms with van der Waals surface area (Å²) in [6.45, 7) is 6.59. The maximum Gasteiger partial charge on any atom is 0.185 e. The summed E-state index contributed by atoms with van der Waals surface area (Å²) in [6.07, 6.45) is 0. The fourth-order valence-corrected chi connectivity index (χ4v) is 2.69. The maximum absolute atomic E-state index is 4.66. The van der Waals surface area contributed by atoms with E-state index in [1.54, 1.807) is 4.52 Å². The Balaban J connectivity index is 1.81. The van der Waals surface area contributed by atoms with Crippen molar-refractivity contribution in [2.75, 3.05) is 5.32 Å². The van der Waals surface area contributed by atoms with Crippen LogP contribution in [0.5, 0.6) is 0 Å². The Labute approximate surface area is 132 Å². The fraction of sp³-hybridized carbons (Fsp3) is 0.250. The molecule has 7 heteroatoms. The molecule has 2 N–H and O–H groups in total. The summed E-state index contributed by atoms with van der Waals surface area (Å²) in [4.78, 5) is 0. The average Bonchev–Trinajstić information content (AvgIpc) is 3.09. The number of aromatic amines is 1. The van der Waals surface area contributed by atoms with E-state index in [1.165, 1.54) is 5.56 Å². The summed E-state index contributed by atoms with van der Waals surface area (Å²) in [5, 5.41) is 25.8. The lowest BCUT2D eigenvalue weighted by Crippen LogP contribution is -2.07. The van der Waals surface area contributed by atoms with Crippen molar-refractivity contribution in [2.24, 2.45) is 0 Å². The third-order valence-corrected chi connectivity index (χ3v) is 4.20. The van der Waals surface area contributed by atoms with Gasteiger partial charge in [-0.2, -0.15) is 9.61 Å². The zero-order chi connectivity index (χ0) is 16.0. The Morgan fingerprint density at radius 1 is 1.09 bits per heavy atom. The number of anilines is 1. The monoisotopic (exact) mass is 307 g/mol. The van der Waals surface area contributed by atoms with Crippen molar-refractivity contribution >= 4 is 22.2 Å². The Bertz CT molecular complexity index is 1010. The molecule has 0 spiro atoms. The number of hydrogen-bond acceptors (Lipinski definition) is 5. The molecule has 1 aromatic carbocycles. The van der Waals surface area contributed by atoms with Gasteiger partial charge in [0.25, 0.3) is 0 Å². The summed E-state index contributed by atoms with van der Waals surface area (Å²) in [5.74, 6) is 1.57. The number of aromatic nitrogens is 6. The Hall–Kier alpha value is -2.96. The van der Waals surface area contributed by atoms with Crippen molar-refractivity contribution in [1.82, 2.24) is 30.0 Å². The summed E-state index contributed by atoms with van der Waals surface area (Å²) in [6, 6.07) is 8.07. The fourth-order valence-electron chi connectivity index (χ4n) is 2.69. The predicted octanol–water partition coefficient (Wildman–Crippen LogP) is 2.54. The van der Waals surface area contributed by atoms with Crippen molar-refractivity contribution in [3.63, 3.8) is 0 Å². The van der Waals surface area contributed by atoms with E-state index >= 15 is 0 Å². The first-order valence-electron chi connectivity index (χ1n) is 7.50. The van der Waals surface area contributed by atoms with Gasteiger partial charge in [0, 0.05) is 16.5 Å². The van der Waals surface area contributed by atoms with Gasteiger partial charge in [-0.05, 0) is 26.3 Å². The molecule has 23 heavy (non-hydrogen) atoms. The van der Waals surface area contributed by atoms with Crippen LogP contribution in [0.4, 0.5) is 5.82 Å². The van der Waals surface area contributed by atoms with Crippen LogP contribution >= 0.6 is 0 Å². The molecule has 0 atom stereocenters. The smallest absolute Gasteiger partial charge is 0.185 e. The molecule has 3 heterocycles. The zero-order valence-corrected chi connectivity index (χ0v) is 13.3. The molecule has 0 fully saturated rings. The first kappa shape index (κ1) is 13.7. The number of rotatable bonds is 3. The number of aryl methyl sites for hydroxylation is 2. The van der Waals surface area contributed by atoms with E-state index in [0.29, 0.717) is 6.54 Å². The van der Waals surface area contributed by atoms with Gasteiger partial charge in [0.15, 0.2) is 17.3 Å². The highest BCUT2D eigenvalue weighted by molar-refractivity contribution is 5.99. The van der Waals surface area contributed by atoms with E-state index in [2.05, 4.69) is 37.7 Å². The van der Waals surface area contributed by atoms with Gasteiger partial charge in [0.2, 0.25) is 0 Å². The molecule has 4 aromatic rings. The molecule has 7 nitrogen and oxygen atoms in total. The minimum Gasteiger partial charge on any atom is -0.362 e. The predicted molar refractivity (Wildman–Crippen MR) is 88.4 cm³/mol. The summed E-state index contributed by atoms with van der Waals surface area (Å²) < 4.78 is 1.77. The van der Waals surface area contributed by atoms with E-state index in [9.17, 15) is 0 Å². The first-order chi connectivity index (χ1) is 11.1. The van der Waals surface area contributed by atoms with Crippen LogP contribution in [0.3, 0.4) is 0 Å². The molecule has 0 bridgehead atoms. The number of hydrogen-bond donors (Lipinski definition) is 2. The number of fused-ring (bicyclic) bond motifs is 3. The molecule has 0 amide bonds. The maximum atomic E-state index is 4.66. The lowest BCUT2D eigenvalue weighted by atomic mass is 10.1. The van der Waals surface area contributed by atoms with Gasteiger partial charge in [-0.1, -0.05) is 24.3 Å². The Morgan fingerprint density at radius 3 is 2.61 bits per heavy atom. The van der Waals surface area contributed by atoms with Gasteiger partial charge < -0.3 is 5.32 Å². The summed E-state index contributed by atoms with van der Waals surface area (Å²) in [7, 11) is 0. The molecular formula is C16H17N7. The van der Waals surface area contributed by atoms with Crippen molar-refractivity contribution in [2.45, 2.75) is 27.3 Å². The minimum absolute atomic E-state index is 0.611. The van der Waals surface area contributed by atoms with Crippen LogP contribution in [0, 0.1) is 20.8 Å². The molecular weight excluding hydrogens is 290 g/mol. The van der Waals surface area contributed by atoms with E-state index in [-0.39, 0.29) is 0 Å². The lowest BCUT2D eigenvalue weighted by Gasteiger charge is -2.09. The molecule has 0 saturated carbocycles. The minimum atomic E-state index is 0.611. The van der Waals surface area contributed by atoms with E-state index < -0.39 is 0 Å². The van der Waals surface area contributed by atoms with Gasteiger partial charge in [-0.25, -0.2) is 0 Å². The molecule has 0 saturated heterocycles. The van der Waals surface area contributed by atoms with Crippen molar-refractivity contribution in [3.8, 4) is 0 Å². The number of benzene rings is 1. The normalized spacial score (nSPS) is 11.4. The zero-order valence-electron chi connectivity index (χ0n) is 13.3. The van der Waals surface area contributed by atoms with Gasteiger partial charge in [0.05, 0.1) is 12.2 Å². The Kier molecular flexibility index (Phi) is 3.00. The SMILES string of the molecule is Cc1[nH]nc(CNc2nn3c(C)nnc3c3ccccc23)c1C. The number of nitrogens with zero attached hydrogens (tertiary/aromatic N) is 5. The van der Waals surface area contributed by atoms with E-state index in [0.717, 1.165) is 39.4 Å². The van der Waals surface area contributed by atoms with Crippen molar-refractivity contribution in [1.29, 1.82) is 0 Å². The molecule has 116 valence electrons. The van der Waals surface area contributed by atoms with Crippen LogP contribution < -0.4 is 5.32 Å². The molecule has 0 aliphatic rings. The molecule has 3 aromatic heterocycles. The average molecular weight is 307 g/mol. The van der Waals surface area contributed by atoms with Crippen molar-refractivity contribution in [3.05, 3.63) is 47.0 Å². The third-order valence-electron chi connectivity index (χ3n) is 4.20. The quantitative estimate of drug-likeness (QED) is 0.607. The van der Waals surface area contributed by atoms with Crippen LogP contribution in [0.2, 0.25) is 0 Å². The van der Waals surface area contributed by atoms with Crippen LogP contribution in [-0.2, 0) is 6.54 Å². The summed E-state index contributed by atoms with van der Waals surface area (Å²) >= 11 is 0. The van der Waals surface area contributed by atoms with Crippen LogP contribution in [-0.4, -0.2) is 30.0 Å². The highest BCUT2D eigenvalue weighted by Gasteiger charge is 2.13. The van der Waals surface area contributed by atoms with Gasteiger partial charge >= 0.3 is 0 Å². The topological polar surface area (TPSA) is 83.8 Å². The molecule has 4 rings (SSSR count). The highest BCUT2D eigenvalue weighted by atomic mass is 15.4. The molecule has 0 unspecified atom stereocenters. The summed E-state index contributed by atoms with van der Waals surface area (Å²) in [5.41, 5.74) is 4.03. The molecule has 0 aliphatic heterocycles. The largest absolute Gasteiger partial charge is 0.362 e. The highest BCUT2D eigenvalue weighted by Crippen LogP contribution is 2.25. The standard InChI is InChI=1S/C16H17N7/c1-9-10(2)18-20-14(9)8-17-15-12-6-4-5-7-13(12)16-21-19-11(3)23(16)22-15/h4-7H,8H2,1-3H3,(H,17,22)(H,18,20). The van der Waals surface area contributed by atoms with Crippen LogP contribution in [0.25, 0.3) is 16.4 Å². The number of H-pyrrole nitrogens is 1. The van der Waals surface area contributed by atoms with Gasteiger partial charge in [0.1, 0.15) is 0 Å². The van der Waals surface area contributed by atoms with Crippen molar-refractivity contribution < 1.29 is 0 Å². The van der Waals surface area contributed by atoms with Gasteiger partial charge in [-0.3, -0.25) is 5.10 Å². The second-order valence-corrected chi connectivity index (χ2v) is 5.65. The third kappa shape index (κ3) is 2.12. The van der Waals surface area contributed by atoms with E-state index in [1.807, 2.05) is 38.1 Å². The second kappa shape index (κ2) is 5.05. The van der Waals surface area contributed by atoms with E-state index in [4.69, 9.17) is 0 Å².